The minimum Gasteiger partial charge on any atom is -0.459 e. The van der Waals surface area contributed by atoms with Gasteiger partial charge in [0.2, 0.25) is 0 Å². The van der Waals surface area contributed by atoms with E-state index in [9.17, 15) is 4.79 Å². The molecule has 1 saturated heterocycles. The molecule has 0 amide bonds. The number of hydrogen-bond acceptors (Lipinski definition) is 2. The predicted octanol–water partition coefficient (Wildman–Crippen LogP) is 8.41. The Morgan fingerprint density at radius 2 is 1.18 bits per heavy atom. The van der Waals surface area contributed by atoms with Gasteiger partial charge in [-0.05, 0) is 88.3 Å². The van der Waals surface area contributed by atoms with E-state index in [2.05, 4.69) is 88.5 Å². The van der Waals surface area contributed by atoms with E-state index in [1.165, 1.54) is 12.8 Å². The van der Waals surface area contributed by atoms with E-state index in [0.29, 0.717) is 10.6 Å². The summed E-state index contributed by atoms with van der Waals surface area (Å²) >= 11 is 0. The van der Waals surface area contributed by atoms with Crippen LogP contribution in [0.15, 0.2) is 0 Å². The third kappa shape index (κ3) is 2.48. The summed E-state index contributed by atoms with van der Waals surface area (Å²) in [5.74, 6) is 6.97. The van der Waals surface area contributed by atoms with Crippen LogP contribution in [0.4, 0.5) is 0 Å². The zero-order valence-electron chi connectivity index (χ0n) is 24.6. The molecule has 0 radical (unpaired) electrons. The van der Waals surface area contributed by atoms with Crippen molar-refractivity contribution in [1.29, 1.82) is 0 Å². The van der Waals surface area contributed by atoms with Crippen molar-refractivity contribution in [3.63, 3.8) is 0 Å². The molecular weight excluding hydrogens is 449 g/mol. The van der Waals surface area contributed by atoms with Crippen molar-refractivity contribution in [1.82, 2.24) is 0 Å². The molecule has 0 spiro atoms. The monoisotopic (exact) mass is 502 g/mol. The third-order valence-electron chi connectivity index (χ3n) is 16.1. The van der Waals surface area contributed by atoms with E-state index in [0.717, 1.165) is 47.8 Å². The molecule has 4 aliphatic carbocycles. The highest BCUT2D eigenvalue weighted by atomic mass is 28.4. The maximum atomic E-state index is 14.2. The molecule has 0 aromatic carbocycles. The van der Waals surface area contributed by atoms with E-state index in [1.54, 1.807) is 0 Å². The molecule has 194 valence electrons. The highest BCUT2D eigenvalue weighted by Gasteiger charge is 2.77. The molecule has 0 N–H and O–H groups in total. The van der Waals surface area contributed by atoms with Gasteiger partial charge in [0.1, 0.15) is 5.60 Å². The predicted molar refractivity (Wildman–Crippen MR) is 148 cm³/mol. The van der Waals surface area contributed by atoms with Gasteiger partial charge in [0.25, 0.3) is 0 Å². The molecule has 4 bridgehead atoms. The van der Waals surface area contributed by atoms with Gasteiger partial charge < -0.3 is 4.74 Å². The highest BCUT2D eigenvalue weighted by Crippen LogP contribution is 2.77. The standard InChI is InChI=1S/C30H54O2Si2/c1-17-18(2)21-16-20(17)24-19-14-22(25(21)24)23(15-19)26(31)32-30(9)27(3,4)33(10,11)29(7,8)34(12,13)28(30,5)6/h17-25H,14-16H2,1-13H3. The lowest BCUT2D eigenvalue weighted by atomic mass is 9.62. The van der Waals surface area contributed by atoms with Crippen LogP contribution in [0.5, 0.6) is 0 Å². The van der Waals surface area contributed by atoms with Crippen molar-refractivity contribution in [3.05, 3.63) is 0 Å². The smallest absolute Gasteiger partial charge is 0.309 e. The quantitative estimate of drug-likeness (QED) is 0.215. The number of hydrogen-bond donors (Lipinski definition) is 0. The lowest BCUT2D eigenvalue weighted by molar-refractivity contribution is -0.176. The molecule has 5 fully saturated rings. The molecule has 0 aromatic rings. The topological polar surface area (TPSA) is 26.3 Å². The Balaban J connectivity index is 1.46. The van der Waals surface area contributed by atoms with Gasteiger partial charge in [0.05, 0.1) is 22.1 Å². The maximum absolute atomic E-state index is 14.2. The van der Waals surface area contributed by atoms with Gasteiger partial charge in [0.15, 0.2) is 0 Å². The summed E-state index contributed by atoms with van der Waals surface area (Å²) in [5.41, 5.74) is -0.421. The van der Waals surface area contributed by atoms with Crippen LogP contribution in [-0.2, 0) is 9.53 Å². The van der Waals surface area contributed by atoms with Crippen LogP contribution in [0.3, 0.4) is 0 Å². The van der Waals surface area contributed by atoms with Crippen LogP contribution >= 0.6 is 0 Å². The van der Waals surface area contributed by atoms with Crippen molar-refractivity contribution >= 4 is 22.1 Å². The summed E-state index contributed by atoms with van der Waals surface area (Å²) in [6.45, 7) is 32.6. The lowest BCUT2D eigenvalue weighted by Crippen LogP contribution is -2.77. The third-order valence-corrected chi connectivity index (χ3v) is 33.3. The van der Waals surface area contributed by atoms with E-state index < -0.39 is 21.7 Å². The van der Waals surface area contributed by atoms with Crippen LogP contribution in [0.25, 0.3) is 0 Å². The zero-order chi connectivity index (χ0) is 25.6. The van der Waals surface area contributed by atoms with Crippen molar-refractivity contribution in [3.8, 4) is 0 Å². The van der Waals surface area contributed by atoms with Crippen molar-refractivity contribution in [2.24, 2.45) is 53.3 Å². The van der Waals surface area contributed by atoms with Gasteiger partial charge >= 0.3 is 5.97 Å². The molecule has 5 aliphatic rings. The van der Waals surface area contributed by atoms with E-state index in [-0.39, 0.29) is 22.0 Å². The van der Waals surface area contributed by atoms with Crippen LogP contribution in [0.2, 0.25) is 40.9 Å². The largest absolute Gasteiger partial charge is 0.459 e. The first-order chi connectivity index (χ1) is 15.3. The molecule has 34 heavy (non-hydrogen) atoms. The Morgan fingerprint density at radius 1 is 0.706 bits per heavy atom. The van der Waals surface area contributed by atoms with Crippen LogP contribution in [0.1, 0.15) is 81.6 Å². The Labute approximate surface area is 212 Å². The SMILES string of the molecule is CC1C(C)C2CC1C1C3CC(C(=O)OC4(C)C(C)(C)[Si](C)(C)C(C)(C)[Si](C)(C)C4(C)C)C(C3)C21. The average Bonchev–Trinajstić information content (AvgIpc) is 3.46. The summed E-state index contributed by atoms with van der Waals surface area (Å²) in [5, 5.41) is 0.00339. The van der Waals surface area contributed by atoms with Crippen molar-refractivity contribution < 1.29 is 9.53 Å². The van der Waals surface area contributed by atoms with Gasteiger partial charge in [-0.1, -0.05) is 81.6 Å². The summed E-state index contributed by atoms with van der Waals surface area (Å²) in [7, 11) is -3.59. The van der Waals surface area contributed by atoms with Gasteiger partial charge in [0, 0.05) is 0 Å². The summed E-state index contributed by atoms with van der Waals surface area (Å²) in [6.07, 6.45) is 3.86. The van der Waals surface area contributed by atoms with Gasteiger partial charge in [-0.3, -0.25) is 4.79 Å². The fraction of sp³-hybridized carbons (Fsp3) is 0.967. The Hall–Kier alpha value is -0.0962. The van der Waals surface area contributed by atoms with Crippen molar-refractivity contribution in [2.45, 2.75) is 128 Å². The molecule has 0 aromatic heterocycles. The first-order valence-corrected chi connectivity index (χ1v) is 20.5. The number of carbonyl (C=O) groups is 1. The van der Waals surface area contributed by atoms with Crippen LogP contribution < -0.4 is 0 Å². The molecule has 9 unspecified atom stereocenters. The van der Waals surface area contributed by atoms with Gasteiger partial charge in [-0.2, -0.15) is 0 Å². The minimum atomic E-state index is -1.79. The first kappa shape index (κ1) is 25.5. The zero-order valence-corrected chi connectivity index (χ0v) is 26.6. The molecule has 1 aliphatic heterocycles. The number of esters is 1. The Morgan fingerprint density at radius 3 is 1.68 bits per heavy atom. The first-order valence-electron chi connectivity index (χ1n) is 14.5. The molecule has 5 rings (SSSR count). The van der Waals surface area contributed by atoms with Gasteiger partial charge in [-0.25, -0.2) is 0 Å². The second kappa shape index (κ2) is 6.85. The lowest BCUT2D eigenvalue weighted by Gasteiger charge is -2.74. The normalized spacial score (nSPS) is 49.6. The molecule has 1 heterocycles. The number of fused-ring (bicyclic) bond motifs is 9. The van der Waals surface area contributed by atoms with E-state index in [1.807, 2.05) is 0 Å². The molecular formula is C30H54O2Si2. The minimum absolute atomic E-state index is 0.00169. The summed E-state index contributed by atoms with van der Waals surface area (Å²) in [6, 6.07) is 0. The fourth-order valence-electron chi connectivity index (χ4n) is 11.3. The number of carbonyl (C=O) groups excluding carboxylic acids is 1. The molecule has 4 heteroatoms. The molecule has 9 atom stereocenters. The van der Waals surface area contributed by atoms with Crippen molar-refractivity contribution in [2.75, 3.05) is 0 Å². The van der Waals surface area contributed by atoms with E-state index in [4.69, 9.17) is 4.74 Å². The summed E-state index contributed by atoms with van der Waals surface area (Å²) in [4.78, 5) is 14.2. The van der Waals surface area contributed by atoms with Crippen LogP contribution in [-0.4, -0.2) is 27.7 Å². The maximum Gasteiger partial charge on any atom is 0.309 e. The average molecular weight is 503 g/mol. The Bertz CT molecular complexity index is 869. The highest BCUT2D eigenvalue weighted by molar-refractivity contribution is 7.03. The van der Waals surface area contributed by atoms with E-state index >= 15 is 0 Å². The second-order valence-corrected chi connectivity index (χ2v) is 28.5. The number of rotatable bonds is 2. The fourth-order valence-corrected chi connectivity index (χ4v) is 25.8. The Kier molecular flexibility index (Phi) is 5.15. The van der Waals surface area contributed by atoms with Crippen LogP contribution in [0, 0.1) is 53.3 Å². The molecule has 2 nitrogen and oxygen atoms in total. The summed E-state index contributed by atoms with van der Waals surface area (Å²) < 4.78 is 7.37. The second-order valence-electron chi connectivity index (χ2n) is 16.5. The number of ether oxygens (including phenoxy) is 1. The van der Waals surface area contributed by atoms with Gasteiger partial charge in [-0.15, -0.1) is 0 Å². The molecule has 4 saturated carbocycles.